The molecule has 3 heterocycles. The smallest absolute Gasteiger partial charge is 0.161 e. The molecule has 0 aromatic carbocycles. The van der Waals surface area contributed by atoms with E-state index in [1.54, 1.807) is 12.4 Å². The van der Waals surface area contributed by atoms with Crippen molar-refractivity contribution in [2.45, 2.75) is 31.0 Å². The SMILES string of the molecule is CC(C)N1CCN2c3nccnc3SC[C@@H]2C1. The lowest BCUT2D eigenvalue weighted by Crippen LogP contribution is -2.57. The zero-order valence-corrected chi connectivity index (χ0v) is 11.2. The molecule has 0 saturated carbocycles. The number of hydrogen-bond acceptors (Lipinski definition) is 5. The third-order valence-corrected chi connectivity index (χ3v) is 4.69. The highest BCUT2D eigenvalue weighted by Crippen LogP contribution is 2.35. The van der Waals surface area contributed by atoms with E-state index in [-0.39, 0.29) is 0 Å². The van der Waals surface area contributed by atoms with Gasteiger partial charge in [-0.25, -0.2) is 9.97 Å². The largest absolute Gasteiger partial charge is 0.348 e. The van der Waals surface area contributed by atoms with Gasteiger partial charge in [-0.2, -0.15) is 0 Å². The second-order valence-corrected chi connectivity index (χ2v) is 5.94. The van der Waals surface area contributed by atoms with E-state index in [4.69, 9.17) is 0 Å². The minimum Gasteiger partial charge on any atom is -0.348 e. The van der Waals surface area contributed by atoms with Gasteiger partial charge in [-0.3, -0.25) is 4.90 Å². The average Bonchev–Trinajstić information content (AvgIpc) is 2.38. The van der Waals surface area contributed by atoms with Crippen molar-refractivity contribution in [1.29, 1.82) is 0 Å². The lowest BCUT2D eigenvalue weighted by atomic mass is 10.1. The summed E-state index contributed by atoms with van der Waals surface area (Å²) in [6.45, 7) is 7.92. The van der Waals surface area contributed by atoms with Gasteiger partial charge in [0, 0.05) is 43.8 Å². The van der Waals surface area contributed by atoms with Crippen molar-refractivity contribution < 1.29 is 0 Å². The van der Waals surface area contributed by atoms with Crippen LogP contribution in [0.5, 0.6) is 0 Å². The first-order chi connectivity index (χ1) is 8.25. The van der Waals surface area contributed by atoms with Crippen LogP contribution < -0.4 is 4.90 Å². The van der Waals surface area contributed by atoms with Gasteiger partial charge < -0.3 is 4.90 Å². The summed E-state index contributed by atoms with van der Waals surface area (Å²) < 4.78 is 0. The van der Waals surface area contributed by atoms with E-state index in [2.05, 4.69) is 33.6 Å². The Kier molecular flexibility index (Phi) is 2.96. The summed E-state index contributed by atoms with van der Waals surface area (Å²) >= 11 is 1.85. The Balaban J connectivity index is 1.83. The lowest BCUT2D eigenvalue weighted by Gasteiger charge is -2.45. The van der Waals surface area contributed by atoms with Crippen LogP contribution >= 0.6 is 11.8 Å². The van der Waals surface area contributed by atoms with Gasteiger partial charge in [0.15, 0.2) is 5.82 Å². The van der Waals surface area contributed by atoms with Crippen molar-refractivity contribution in [2.24, 2.45) is 0 Å². The molecule has 1 aromatic rings. The molecule has 1 aromatic heterocycles. The molecule has 1 saturated heterocycles. The highest BCUT2D eigenvalue weighted by molar-refractivity contribution is 7.99. The molecule has 2 aliphatic rings. The summed E-state index contributed by atoms with van der Waals surface area (Å²) in [7, 11) is 0. The van der Waals surface area contributed by atoms with Crippen molar-refractivity contribution in [3.05, 3.63) is 12.4 Å². The topological polar surface area (TPSA) is 32.3 Å². The summed E-state index contributed by atoms with van der Waals surface area (Å²) in [6.07, 6.45) is 3.59. The zero-order valence-electron chi connectivity index (χ0n) is 10.3. The Morgan fingerprint density at radius 3 is 2.94 bits per heavy atom. The fraction of sp³-hybridized carbons (Fsp3) is 0.667. The van der Waals surface area contributed by atoms with Crippen LogP contribution in [0.2, 0.25) is 0 Å². The molecule has 3 rings (SSSR count). The molecule has 4 nitrogen and oxygen atoms in total. The highest BCUT2D eigenvalue weighted by atomic mass is 32.2. The van der Waals surface area contributed by atoms with E-state index in [1.165, 1.54) is 0 Å². The fourth-order valence-corrected chi connectivity index (χ4v) is 3.63. The Hall–Kier alpha value is -0.810. The summed E-state index contributed by atoms with van der Waals surface area (Å²) in [5, 5.41) is 1.10. The van der Waals surface area contributed by atoms with Gasteiger partial charge in [-0.15, -0.1) is 11.8 Å². The summed E-state index contributed by atoms with van der Waals surface area (Å²) in [4.78, 5) is 13.9. The number of fused-ring (bicyclic) bond motifs is 3. The molecule has 0 amide bonds. The van der Waals surface area contributed by atoms with Gasteiger partial charge in [0.1, 0.15) is 5.03 Å². The van der Waals surface area contributed by atoms with Crippen LogP contribution in [0.4, 0.5) is 5.82 Å². The molecule has 5 heteroatoms. The van der Waals surface area contributed by atoms with E-state index < -0.39 is 0 Å². The predicted octanol–water partition coefficient (Wildman–Crippen LogP) is 1.48. The average molecular weight is 250 g/mol. The van der Waals surface area contributed by atoms with Gasteiger partial charge in [-0.1, -0.05) is 0 Å². The van der Waals surface area contributed by atoms with Crippen molar-refractivity contribution in [3.63, 3.8) is 0 Å². The molecule has 0 spiro atoms. The van der Waals surface area contributed by atoms with Crippen molar-refractivity contribution in [1.82, 2.24) is 14.9 Å². The van der Waals surface area contributed by atoms with E-state index in [0.717, 1.165) is 36.2 Å². The lowest BCUT2D eigenvalue weighted by molar-refractivity contribution is 0.185. The summed E-state index contributed by atoms with van der Waals surface area (Å²) in [5.41, 5.74) is 0. The molecule has 2 aliphatic heterocycles. The number of nitrogens with zero attached hydrogens (tertiary/aromatic N) is 4. The quantitative estimate of drug-likeness (QED) is 0.754. The minimum atomic E-state index is 0.598. The molecule has 0 bridgehead atoms. The maximum absolute atomic E-state index is 4.50. The standard InChI is InChI=1S/C12H18N4S/c1-9(2)15-5-6-16-10(7-15)8-17-12-11(16)13-3-4-14-12/h3-4,9-10H,5-8H2,1-2H3/t10-/m0/s1. The number of rotatable bonds is 1. The van der Waals surface area contributed by atoms with Crippen LogP contribution in [-0.2, 0) is 0 Å². The molecule has 1 fully saturated rings. The zero-order chi connectivity index (χ0) is 11.8. The van der Waals surface area contributed by atoms with Gasteiger partial charge in [-0.05, 0) is 13.8 Å². The van der Waals surface area contributed by atoms with Crippen molar-refractivity contribution in [3.8, 4) is 0 Å². The fourth-order valence-electron chi connectivity index (χ4n) is 2.56. The monoisotopic (exact) mass is 250 g/mol. The Morgan fingerprint density at radius 1 is 1.29 bits per heavy atom. The summed E-state index contributed by atoms with van der Waals surface area (Å²) in [5.74, 6) is 2.23. The highest BCUT2D eigenvalue weighted by Gasteiger charge is 2.33. The van der Waals surface area contributed by atoms with Crippen LogP contribution in [0.1, 0.15) is 13.8 Å². The molecular weight excluding hydrogens is 232 g/mol. The Bertz CT molecular complexity index is 409. The van der Waals surface area contributed by atoms with E-state index >= 15 is 0 Å². The van der Waals surface area contributed by atoms with Gasteiger partial charge in [0.2, 0.25) is 0 Å². The first kappa shape index (κ1) is 11.3. The predicted molar refractivity (Wildman–Crippen MR) is 70.6 cm³/mol. The van der Waals surface area contributed by atoms with Crippen molar-refractivity contribution in [2.75, 3.05) is 30.3 Å². The van der Waals surface area contributed by atoms with E-state index in [0.29, 0.717) is 12.1 Å². The summed E-state index contributed by atoms with van der Waals surface area (Å²) in [6, 6.07) is 1.24. The van der Waals surface area contributed by atoms with Gasteiger partial charge >= 0.3 is 0 Å². The third-order valence-electron chi connectivity index (χ3n) is 3.58. The second-order valence-electron chi connectivity index (χ2n) is 4.93. The first-order valence-electron chi connectivity index (χ1n) is 6.20. The van der Waals surface area contributed by atoms with Crippen LogP contribution in [0.25, 0.3) is 0 Å². The molecule has 0 aliphatic carbocycles. The molecule has 92 valence electrons. The maximum Gasteiger partial charge on any atom is 0.161 e. The molecule has 17 heavy (non-hydrogen) atoms. The molecule has 0 unspecified atom stereocenters. The minimum absolute atomic E-state index is 0.598. The number of hydrogen-bond donors (Lipinski definition) is 0. The first-order valence-corrected chi connectivity index (χ1v) is 7.19. The molecular formula is C12H18N4S. The number of piperazine rings is 1. The Labute approximate surface area is 106 Å². The van der Waals surface area contributed by atoms with Crippen LogP contribution in [0, 0.1) is 0 Å². The second kappa shape index (κ2) is 4.46. The molecule has 1 atom stereocenters. The normalized spacial score (nSPS) is 24.6. The number of anilines is 1. The van der Waals surface area contributed by atoms with Crippen LogP contribution in [0.15, 0.2) is 17.4 Å². The number of thioether (sulfide) groups is 1. The molecule has 0 N–H and O–H groups in total. The third kappa shape index (κ3) is 2.02. The van der Waals surface area contributed by atoms with Gasteiger partial charge in [0.25, 0.3) is 0 Å². The Morgan fingerprint density at radius 2 is 2.12 bits per heavy atom. The van der Waals surface area contributed by atoms with Crippen LogP contribution in [-0.4, -0.2) is 52.3 Å². The van der Waals surface area contributed by atoms with Gasteiger partial charge in [0.05, 0.1) is 6.04 Å². The molecule has 0 radical (unpaired) electrons. The number of aromatic nitrogens is 2. The van der Waals surface area contributed by atoms with E-state index in [1.807, 2.05) is 11.8 Å². The van der Waals surface area contributed by atoms with Crippen LogP contribution in [0.3, 0.4) is 0 Å². The maximum atomic E-state index is 4.50. The van der Waals surface area contributed by atoms with E-state index in [9.17, 15) is 0 Å². The van der Waals surface area contributed by atoms with Crippen molar-refractivity contribution >= 4 is 17.6 Å².